The van der Waals surface area contributed by atoms with Crippen LogP contribution in [0, 0.1) is 5.92 Å². The van der Waals surface area contributed by atoms with Crippen molar-refractivity contribution in [3.05, 3.63) is 45.1 Å². The van der Waals surface area contributed by atoms with Gasteiger partial charge < -0.3 is 15.0 Å². The van der Waals surface area contributed by atoms with E-state index in [0.29, 0.717) is 28.9 Å². The second-order valence-corrected chi connectivity index (χ2v) is 9.88. The summed E-state index contributed by atoms with van der Waals surface area (Å²) >= 11 is 2.91. The van der Waals surface area contributed by atoms with Crippen LogP contribution in [0.2, 0.25) is 0 Å². The SMILES string of the molecule is CCC(Sc1nc2sc3c(c2c(=O)[nH]1)CCC(C)C3)C(=O)Nc1ccccc1OC. The van der Waals surface area contributed by atoms with E-state index in [1.165, 1.54) is 22.2 Å². The molecule has 0 fully saturated rings. The number of rotatable bonds is 6. The summed E-state index contributed by atoms with van der Waals surface area (Å²) in [7, 11) is 1.57. The van der Waals surface area contributed by atoms with Crippen LogP contribution in [-0.4, -0.2) is 28.2 Å². The molecule has 1 aromatic carbocycles. The molecule has 0 bridgehead atoms. The van der Waals surface area contributed by atoms with Crippen molar-refractivity contribution in [1.29, 1.82) is 0 Å². The molecule has 2 unspecified atom stereocenters. The number of carbonyl (C=O) groups excluding carboxylic acids is 1. The Morgan fingerprint density at radius 3 is 3.00 bits per heavy atom. The van der Waals surface area contributed by atoms with E-state index in [9.17, 15) is 9.59 Å². The Hall–Kier alpha value is -2.32. The number of hydrogen-bond acceptors (Lipinski definition) is 6. The van der Waals surface area contributed by atoms with Crippen LogP contribution in [0.15, 0.2) is 34.2 Å². The first-order chi connectivity index (χ1) is 14.5. The van der Waals surface area contributed by atoms with Gasteiger partial charge in [-0.15, -0.1) is 11.3 Å². The number of nitrogens with zero attached hydrogens (tertiary/aromatic N) is 1. The zero-order chi connectivity index (χ0) is 21.3. The summed E-state index contributed by atoms with van der Waals surface area (Å²) in [5.74, 6) is 1.10. The number of aryl methyl sites for hydroxylation is 1. The van der Waals surface area contributed by atoms with Gasteiger partial charge >= 0.3 is 0 Å². The zero-order valence-electron chi connectivity index (χ0n) is 17.3. The molecule has 1 aliphatic carbocycles. The van der Waals surface area contributed by atoms with Gasteiger partial charge in [-0.3, -0.25) is 9.59 Å². The molecule has 0 radical (unpaired) electrons. The third-order valence-electron chi connectivity index (χ3n) is 5.43. The lowest BCUT2D eigenvalue weighted by Gasteiger charge is -2.17. The molecule has 0 saturated carbocycles. The minimum Gasteiger partial charge on any atom is -0.495 e. The fourth-order valence-electron chi connectivity index (χ4n) is 3.80. The number of para-hydroxylation sites is 2. The molecular weight excluding hydrogens is 418 g/mol. The Morgan fingerprint density at radius 2 is 2.23 bits per heavy atom. The summed E-state index contributed by atoms with van der Waals surface area (Å²) in [5, 5.41) is 3.76. The number of H-pyrrole nitrogens is 1. The lowest BCUT2D eigenvalue weighted by atomic mass is 9.89. The highest BCUT2D eigenvalue weighted by molar-refractivity contribution is 8.00. The molecule has 2 N–H and O–H groups in total. The first-order valence-electron chi connectivity index (χ1n) is 10.1. The van der Waals surface area contributed by atoms with Crippen LogP contribution in [0.1, 0.15) is 37.1 Å². The number of anilines is 1. The van der Waals surface area contributed by atoms with Gasteiger partial charge in [0.1, 0.15) is 10.6 Å². The molecule has 8 heteroatoms. The summed E-state index contributed by atoms with van der Waals surface area (Å²) in [6.45, 7) is 4.19. The fourth-order valence-corrected chi connectivity index (χ4v) is 6.14. The van der Waals surface area contributed by atoms with E-state index in [0.717, 1.165) is 29.5 Å². The number of aromatic amines is 1. The normalized spacial score (nSPS) is 16.8. The molecule has 2 heterocycles. The molecule has 1 amide bonds. The molecular formula is C22H25N3O3S2. The molecule has 0 saturated heterocycles. The maximum atomic E-state index is 12.9. The van der Waals surface area contributed by atoms with E-state index in [2.05, 4.69) is 17.2 Å². The molecule has 158 valence electrons. The van der Waals surface area contributed by atoms with Crippen LogP contribution in [0.25, 0.3) is 10.2 Å². The highest BCUT2D eigenvalue weighted by Crippen LogP contribution is 2.36. The van der Waals surface area contributed by atoms with Crippen LogP contribution >= 0.6 is 23.1 Å². The number of fused-ring (bicyclic) bond motifs is 3. The number of carbonyl (C=O) groups is 1. The second-order valence-electron chi connectivity index (χ2n) is 7.61. The van der Waals surface area contributed by atoms with Crippen molar-refractivity contribution in [3.63, 3.8) is 0 Å². The van der Waals surface area contributed by atoms with Gasteiger partial charge in [-0.25, -0.2) is 4.98 Å². The minimum atomic E-state index is -0.384. The average molecular weight is 444 g/mol. The monoisotopic (exact) mass is 443 g/mol. The van der Waals surface area contributed by atoms with Crippen LogP contribution < -0.4 is 15.6 Å². The van der Waals surface area contributed by atoms with Crippen LogP contribution in [0.3, 0.4) is 0 Å². The number of methoxy groups -OCH3 is 1. The van der Waals surface area contributed by atoms with Gasteiger partial charge in [-0.1, -0.05) is 37.7 Å². The average Bonchev–Trinajstić information content (AvgIpc) is 3.10. The third kappa shape index (κ3) is 4.11. The van der Waals surface area contributed by atoms with Crippen LogP contribution in [0.4, 0.5) is 5.69 Å². The van der Waals surface area contributed by atoms with Crippen molar-refractivity contribution in [2.24, 2.45) is 5.92 Å². The second kappa shape index (κ2) is 8.81. The number of ether oxygens (including phenoxy) is 1. The summed E-state index contributed by atoms with van der Waals surface area (Å²) in [6.07, 6.45) is 3.66. The number of amides is 1. The Balaban J connectivity index is 1.57. The first-order valence-corrected chi connectivity index (χ1v) is 11.8. The number of thiophene rings is 1. The van der Waals surface area contributed by atoms with Gasteiger partial charge in [-0.05, 0) is 49.3 Å². The van der Waals surface area contributed by atoms with E-state index in [1.807, 2.05) is 19.1 Å². The van der Waals surface area contributed by atoms with Gasteiger partial charge in [-0.2, -0.15) is 0 Å². The number of hydrogen-bond donors (Lipinski definition) is 2. The molecule has 0 spiro atoms. The zero-order valence-corrected chi connectivity index (χ0v) is 18.9. The number of benzene rings is 1. The Labute approximate surface area is 183 Å². The van der Waals surface area contributed by atoms with Crippen LogP contribution in [-0.2, 0) is 17.6 Å². The summed E-state index contributed by atoms with van der Waals surface area (Å²) < 4.78 is 5.31. The molecule has 2 atom stereocenters. The molecule has 3 aromatic rings. The Morgan fingerprint density at radius 1 is 1.43 bits per heavy atom. The molecule has 4 rings (SSSR count). The van der Waals surface area contributed by atoms with Gasteiger partial charge in [0, 0.05) is 4.88 Å². The van der Waals surface area contributed by atoms with Crippen molar-refractivity contribution in [3.8, 4) is 5.75 Å². The molecule has 30 heavy (non-hydrogen) atoms. The topological polar surface area (TPSA) is 84.1 Å². The van der Waals surface area contributed by atoms with E-state index in [1.54, 1.807) is 30.6 Å². The van der Waals surface area contributed by atoms with Crippen LogP contribution in [0.5, 0.6) is 5.75 Å². The summed E-state index contributed by atoms with van der Waals surface area (Å²) in [6, 6.07) is 7.30. The van der Waals surface area contributed by atoms with Gasteiger partial charge in [0.2, 0.25) is 5.91 Å². The fraction of sp³-hybridized carbons (Fsp3) is 0.409. The predicted molar refractivity (Wildman–Crippen MR) is 123 cm³/mol. The van der Waals surface area contributed by atoms with Gasteiger partial charge in [0.05, 0.1) is 23.4 Å². The lowest BCUT2D eigenvalue weighted by molar-refractivity contribution is -0.115. The van der Waals surface area contributed by atoms with Gasteiger partial charge in [0.25, 0.3) is 5.56 Å². The van der Waals surface area contributed by atoms with E-state index in [4.69, 9.17) is 9.72 Å². The van der Waals surface area contributed by atoms with Crippen molar-refractivity contribution < 1.29 is 9.53 Å². The van der Waals surface area contributed by atoms with Crippen molar-refractivity contribution in [2.75, 3.05) is 12.4 Å². The molecule has 6 nitrogen and oxygen atoms in total. The highest BCUT2D eigenvalue weighted by atomic mass is 32.2. The molecule has 0 aliphatic heterocycles. The van der Waals surface area contributed by atoms with E-state index >= 15 is 0 Å². The molecule has 2 aromatic heterocycles. The quantitative estimate of drug-likeness (QED) is 0.429. The third-order valence-corrected chi connectivity index (χ3v) is 7.82. The number of aromatic nitrogens is 2. The predicted octanol–water partition coefficient (Wildman–Crippen LogP) is 4.63. The van der Waals surface area contributed by atoms with Gasteiger partial charge in [0.15, 0.2) is 5.16 Å². The largest absolute Gasteiger partial charge is 0.495 e. The van der Waals surface area contributed by atoms with E-state index < -0.39 is 0 Å². The minimum absolute atomic E-state index is 0.102. The number of nitrogens with one attached hydrogen (secondary N) is 2. The Kier molecular flexibility index (Phi) is 6.15. The highest BCUT2D eigenvalue weighted by Gasteiger charge is 2.25. The summed E-state index contributed by atoms with van der Waals surface area (Å²) in [4.78, 5) is 35.3. The van der Waals surface area contributed by atoms with Crippen molar-refractivity contribution in [2.45, 2.75) is 49.9 Å². The van der Waals surface area contributed by atoms with Crippen molar-refractivity contribution in [1.82, 2.24) is 9.97 Å². The summed E-state index contributed by atoms with van der Waals surface area (Å²) in [5.41, 5.74) is 1.69. The van der Waals surface area contributed by atoms with Crippen molar-refractivity contribution >= 4 is 44.9 Å². The maximum Gasteiger partial charge on any atom is 0.260 e. The number of thioether (sulfide) groups is 1. The smallest absolute Gasteiger partial charge is 0.260 e. The first kappa shape index (κ1) is 20.9. The standard InChI is InChI=1S/C22H25N3O3S2/c1-4-16(19(26)23-14-7-5-6-8-15(14)28-3)30-22-24-20(27)18-13-10-9-12(2)11-17(13)29-21(18)25-22/h5-8,12,16H,4,9-11H2,1-3H3,(H,23,26)(H,24,25,27). The lowest BCUT2D eigenvalue weighted by Crippen LogP contribution is -2.25. The van der Waals surface area contributed by atoms with E-state index in [-0.39, 0.29) is 16.7 Å². The Bertz CT molecular complexity index is 1140. The molecule has 1 aliphatic rings. The maximum absolute atomic E-state index is 12.9.